The number of aromatic nitrogens is 1. The SMILES string of the molecule is COc1ccccc1CNc1nc(C)c(C(=O)Nc2ccccc2)s1. The quantitative estimate of drug-likeness (QED) is 0.692. The summed E-state index contributed by atoms with van der Waals surface area (Å²) in [6, 6.07) is 17.2. The number of ether oxygens (including phenoxy) is 1. The Morgan fingerprint density at radius 2 is 1.84 bits per heavy atom. The number of amides is 1. The summed E-state index contributed by atoms with van der Waals surface area (Å²) < 4.78 is 5.35. The summed E-state index contributed by atoms with van der Waals surface area (Å²) in [6.07, 6.45) is 0. The molecule has 0 saturated carbocycles. The van der Waals surface area contributed by atoms with Gasteiger partial charge in [0, 0.05) is 17.8 Å². The van der Waals surface area contributed by atoms with Crippen molar-refractivity contribution < 1.29 is 9.53 Å². The van der Waals surface area contributed by atoms with E-state index in [-0.39, 0.29) is 5.91 Å². The van der Waals surface area contributed by atoms with Crippen molar-refractivity contribution in [3.8, 4) is 5.75 Å². The Morgan fingerprint density at radius 3 is 2.60 bits per heavy atom. The lowest BCUT2D eigenvalue weighted by molar-refractivity contribution is 0.103. The van der Waals surface area contributed by atoms with Gasteiger partial charge in [-0.3, -0.25) is 4.79 Å². The molecular weight excluding hydrogens is 334 g/mol. The molecule has 1 heterocycles. The second kappa shape index (κ2) is 7.81. The van der Waals surface area contributed by atoms with Crippen LogP contribution in [0.15, 0.2) is 54.6 Å². The lowest BCUT2D eigenvalue weighted by Gasteiger charge is -2.08. The number of rotatable bonds is 6. The van der Waals surface area contributed by atoms with E-state index in [1.54, 1.807) is 7.11 Å². The number of nitrogens with zero attached hydrogens (tertiary/aromatic N) is 1. The molecule has 2 aromatic carbocycles. The fraction of sp³-hybridized carbons (Fsp3) is 0.158. The smallest absolute Gasteiger partial charge is 0.267 e. The molecule has 0 aliphatic heterocycles. The van der Waals surface area contributed by atoms with Crippen molar-refractivity contribution in [3.05, 3.63) is 70.7 Å². The number of benzene rings is 2. The van der Waals surface area contributed by atoms with Crippen LogP contribution in [0.2, 0.25) is 0 Å². The predicted molar refractivity (Wildman–Crippen MR) is 102 cm³/mol. The number of thiazole rings is 1. The van der Waals surface area contributed by atoms with Crippen LogP contribution in [-0.4, -0.2) is 18.0 Å². The molecule has 0 spiro atoms. The van der Waals surface area contributed by atoms with Crippen LogP contribution in [0.3, 0.4) is 0 Å². The first kappa shape index (κ1) is 17.0. The first-order chi connectivity index (χ1) is 12.2. The fourth-order valence-corrected chi connectivity index (χ4v) is 3.27. The van der Waals surface area contributed by atoms with E-state index in [4.69, 9.17) is 4.74 Å². The molecule has 3 aromatic rings. The van der Waals surface area contributed by atoms with Gasteiger partial charge in [0.25, 0.3) is 5.91 Å². The zero-order valence-corrected chi connectivity index (χ0v) is 14.9. The maximum absolute atomic E-state index is 12.4. The van der Waals surface area contributed by atoms with E-state index in [0.29, 0.717) is 22.2 Å². The van der Waals surface area contributed by atoms with E-state index in [1.165, 1.54) is 11.3 Å². The van der Waals surface area contributed by atoms with Crippen LogP contribution < -0.4 is 15.4 Å². The number of carbonyl (C=O) groups is 1. The number of nitrogens with one attached hydrogen (secondary N) is 2. The van der Waals surface area contributed by atoms with Crippen LogP contribution in [0.1, 0.15) is 20.9 Å². The number of hydrogen-bond donors (Lipinski definition) is 2. The number of para-hydroxylation sites is 2. The third kappa shape index (κ3) is 4.16. The van der Waals surface area contributed by atoms with Gasteiger partial charge in [0.05, 0.1) is 12.8 Å². The van der Waals surface area contributed by atoms with Crippen LogP contribution in [0, 0.1) is 6.92 Å². The predicted octanol–water partition coefficient (Wildman–Crippen LogP) is 4.32. The average Bonchev–Trinajstić information content (AvgIpc) is 3.02. The second-order valence-corrected chi connectivity index (χ2v) is 6.42. The zero-order valence-electron chi connectivity index (χ0n) is 14.1. The highest BCUT2D eigenvalue weighted by Gasteiger charge is 2.15. The maximum atomic E-state index is 12.4. The van der Waals surface area contributed by atoms with Gasteiger partial charge in [0.2, 0.25) is 0 Å². The van der Waals surface area contributed by atoms with Gasteiger partial charge < -0.3 is 15.4 Å². The Hall–Kier alpha value is -2.86. The van der Waals surface area contributed by atoms with Crippen molar-refractivity contribution >= 4 is 28.1 Å². The van der Waals surface area contributed by atoms with Gasteiger partial charge in [0.1, 0.15) is 10.6 Å². The van der Waals surface area contributed by atoms with Gasteiger partial charge in [-0.2, -0.15) is 0 Å². The van der Waals surface area contributed by atoms with Gasteiger partial charge in [-0.05, 0) is 25.1 Å². The molecule has 25 heavy (non-hydrogen) atoms. The Kier molecular flexibility index (Phi) is 5.30. The highest BCUT2D eigenvalue weighted by atomic mass is 32.1. The molecule has 3 rings (SSSR count). The molecule has 0 fully saturated rings. The molecule has 0 unspecified atom stereocenters. The Bertz CT molecular complexity index is 862. The van der Waals surface area contributed by atoms with Crippen molar-refractivity contribution in [2.45, 2.75) is 13.5 Å². The van der Waals surface area contributed by atoms with E-state index < -0.39 is 0 Å². The summed E-state index contributed by atoms with van der Waals surface area (Å²) >= 11 is 1.34. The van der Waals surface area contributed by atoms with E-state index >= 15 is 0 Å². The highest BCUT2D eigenvalue weighted by molar-refractivity contribution is 7.17. The molecule has 5 nitrogen and oxygen atoms in total. The van der Waals surface area contributed by atoms with Crippen molar-refractivity contribution in [1.29, 1.82) is 0 Å². The van der Waals surface area contributed by atoms with Crippen molar-refractivity contribution in [3.63, 3.8) is 0 Å². The summed E-state index contributed by atoms with van der Waals surface area (Å²) in [5.74, 6) is 0.678. The summed E-state index contributed by atoms with van der Waals surface area (Å²) in [7, 11) is 1.65. The normalized spacial score (nSPS) is 10.3. The van der Waals surface area contributed by atoms with Crippen LogP contribution in [0.5, 0.6) is 5.75 Å². The summed E-state index contributed by atoms with van der Waals surface area (Å²) in [5, 5.41) is 6.86. The van der Waals surface area contributed by atoms with Gasteiger partial charge in [0.15, 0.2) is 5.13 Å². The standard InChI is InChI=1S/C19H19N3O2S/c1-13-17(18(23)22-15-9-4-3-5-10-15)25-19(21-13)20-12-14-8-6-7-11-16(14)24-2/h3-11H,12H2,1-2H3,(H,20,21)(H,22,23). The third-order valence-corrected chi connectivity index (χ3v) is 4.77. The van der Waals surface area contributed by atoms with E-state index in [9.17, 15) is 4.79 Å². The average molecular weight is 353 g/mol. The molecule has 0 aliphatic rings. The van der Waals surface area contributed by atoms with Crippen molar-refractivity contribution in [2.75, 3.05) is 17.7 Å². The molecule has 1 amide bonds. The van der Waals surface area contributed by atoms with Crippen molar-refractivity contribution in [1.82, 2.24) is 4.98 Å². The molecule has 0 radical (unpaired) electrons. The van der Waals surface area contributed by atoms with Gasteiger partial charge >= 0.3 is 0 Å². The van der Waals surface area contributed by atoms with Gasteiger partial charge in [-0.1, -0.05) is 47.7 Å². The van der Waals surface area contributed by atoms with Crippen LogP contribution in [-0.2, 0) is 6.54 Å². The molecule has 1 aromatic heterocycles. The molecule has 0 aliphatic carbocycles. The van der Waals surface area contributed by atoms with Gasteiger partial charge in [-0.25, -0.2) is 4.98 Å². The highest BCUT2D eigenvalue weighted by Crippen LogP contribution is 2.25. The topological polar surface area (TPSA) is 63.2 Å². The Labute approximate surface area is 150 Å². The Morgan fingerprint density at radius 1 is 1.12 bits per heavy atom. The summed E-state index contributed by atoms with van der Waals surface area (Å²) in [5.41, 5.74) is 2.51. The molecule has 128 valence electrons. The maximum Gasteiger partial charge on any atom is 0.267 e. The largest absolute Gasteiger partial charge is 0.496 e. The molecular formula is C19H19N3O2S. The third-order valence-electron chi connectivity index (χ3n) is 3.66. The fourth-order valence-electron chi connectivity index (χ4n) is 2.41. The van der Waals surface area contributed by atoms with Crippen LogP contribution in [0.25, 0.3) is 0 Å². The molecule has 2 N–H and O–H groups in total. The van der Waals surface area contributed by atoms with Crippen LogP contribution in [0.4, 0.5) is 10.8 Å². The number of hydrogen-bond acceptors (Lipinski definition) is 5. The van der Waals surface area contributed by atoms with E-state index in [2.05, 4.69) is 15.6 Å². The monoisotopic (exact) mass is 353 g/mol. The number of anilines is 2. The summed E-state index contributed by atoms with van der Waals surface area (Å²) in [4.78, 5) is 17.5. The minimum Gasteiger partial charge on any atom is -0.496 e. The number of carbonyl (C=O) groups excluding carboxylic acids is 1. The first-order valence-electron chi connectivity index (χ1n) is 7.87. The van der Waals surface area contributed by atoms with E-state index in [0.717, 1.165) is 17.0 Å². The number of methoxy groups -OCH3 is 1. The molecule has 6 heteroatoms. The minimum atomic E-state index is -0.147. The summed E-state index contributed by atoms with van der Waals surface area (Å²) in [6.45, 7) is 2.42. The van der Waals surface area contributed by atoms with Crippen molar-refractivity contribution in [2.24, 2.45) is 0 Å². The van der Waals surface area contributed by atoms with Crippen LogP contribution >= 0.6 is 11.3 Å². The lowest BCUT2D eigenvalue weighted by Crippen LogP contribution is -2.11. The molecule has 0 saturated heterocycles. The lowest BCUT2D eigenvalue weighted by atomic mass is 10.2. The molecule has 0 atom stereocenters. The first-order valence-corrected chi connectivity index (χ1v) is 8.68. The number of aryl methyl sites for hydroxylation is 1. The van der Waals surface area contributed by atoms with E-state index in [1.807, 2.05) is 61.5 Å². The minimum absolute atomic E-state index is 0.147. The zero-order chi connectivity index (χ0) is 17.6. The second-order valence-electron chi connectivity index (χ2n) is 5.42. The van der Waals surface area contributed by atoms with Gasteiger partial charge in [-0.15, -0.1) is 0 Å². The Balaban J connectivity index is 1.69. The molecule has 0 bridgehead atoms.